The molecule has 1 aromatic heterocycles. The van der Waals surface area contributed by atoms with Crippen LogP contribution in [0.15, 0.2) is 48.7 Å². The van der Waals surface area contributed by atoms with Gasteiger partial charge in [-0.2, -0.15) is 0 Å². The number of aryl methyl sites for hydroxylation is 1. The van der Waals surface area contributed by atoms with E-state index in [1.165, 1.54) is 0 Å². The third kappa shape index (κ3) is 4.57. The molecule has 1 aliphatic heterocycles. The maximum absolute atomic E-state index is 12.3. The Labute approximate surface area is 152 Å². The van der Waals surface area contributed by atoms with Gasteiger partial charge in [-0.3, -0.25) is 14.6 Å². The van der Waals surface area contributed by atoms with Gasteiger partial charge < -0.3 is 10.2 Å². The Morgan fingerprint density at radius 2 is 2.16 bits per heavy atom. The number of halogens is 1. The maximum Gasteiger partial charge on any atom is 0.227 e. The summed E-state index contributed by atoms with van der Waals surface area (Å²) >= 11 is 5.98. The van der Waals surface area contributed by atoms with Crippen molar-refractivity contribution in [3.05, 3.63) is 59.4 Å². The molecule has 5 nitrogen and oxygen atoms in total. The molecular formula is C19H20ClN3O2. The highest BCUT2D eigenvalue weighted by atomic mass is 35.5. The molecule has 2 aromatic rings. The minimum atomic E-state index is -0.318. The van der Waals surface area contributed by atoms with E-state index in [9.17, 15) is 9.59 Å². The molecule has 25 heavy (non-hydrogen) atoms. The predicted octanol–water partition coefficient (Wildman–Crippen LogP) is 2.84. The number of benzene rings is 1. The number of carbonyl (C=O) groups excluding carboxylic acids is 2. The van der Waals surface area contributed by atoms with Crippen molar-refractivity contribution in [2.75, 3.05) is 18.0 Å². The Kier molecular flexibility index (Phi) is 5.66. The van der Waals surface area contributed by atoms with Crippen LogP contribution in [-0.4, -0.2) is 29.9 Å². The Bertz CT molecular complexity index is 751. The van der Waals surface area contributed by atoms with Gasteiger partial charge in [-0.25, -0.2) is 0 Å². The molecule has 1 fully saturated rings. The molecule has 130 valence electrons. The van der Waals surface area contributed by atoms with Crippen LogP contribution >= 0.6 is 11.6 Å². The molecule has 2 heterocycles. The number of hydrogen-bond donors (Lipinski definition) is 1. The first kappa shape index (κ1) is 17.4. The van der Waals surface area contributed by atoms with Gasteiger partial charge in [-0.1, -0.05) is 23.7 Å². The number of amides is 2. The molecule has 0 aliphatic carbocycles. The number of pyridine rings is 1. The molecule has 6 heteroatoms. The number of carbonyl (C=O) groups is 2. The van der Waals surface area contributed by atoms with Crippen LogP contribution in [0.25, 0.3) is 0 Å². The van der Waals surface area contributed by atoms with Crippen LogP contribution in [0.5, 0.6) is 0 Å². The van der Waals surface area contributed by atoms with Crippen LogP contribution in [0.1, 0.15) is 18.5 Å². The third-order valence-corrected chi connectivity index (χ3v) is 4.49. The van der Waals surface area contributed by atoms with Gasteiger partial charge in [0.2, 0.25) is 11.8 Å². The van der Waals surface area contributed by atoms with Gasteiger partial charge in [0.15, 0.2) is 0 Å². The van der Waals surface area contributed by atoms with E-state index in [1.807, 2.05) is 24.3 Å². The van der Waals surface area contributed by atoms with Crippen LogP contribution in [0.4, 0.5) is 5.69 Å². The molecule has 0 bridgehead atoms. The second kappa shape index (κ2) is 8.12. The molecule has 1 aromatic carbocycles. The fraction of sp³-hybridized carbons (Fsp3) is 0.316. The van der Waals surface area contributed by atoms with E-state index in [0.29, 0.717) is 18.1 Å². The number of anilines is 1. The van der Waals surface area contributed by atoms with Crippen molar-refractivity contribution in [3.63, 3.8) is 0 Å². The second-order valence-electron chi connectivity index (χ2n) is 6.10. The van der Waals surface area contributed by atoms with Crippen molar-refractivity contribution in [2.24, 2.45) is 5.92 Å². The fourth-order valence-electron chi connectivity index (χ4n) is 2.95. The van der Waals surface area contributed by atoms with Gasteiger partial charge in [0.1, 0.15) is 0 Å². The van der Waals surface area contributed by atoms with E-state index in [2.05, 4.69) is 10.3 Å². The van der Waals surface area contributed by atoms with Gasteiger partial charge in [-0.05, 0) is 43.2 Å². The summed E-state index contributed by atoms with van der Waals surface area (Å²) in [4.78, 5) is 30.4. The van der Waals surface area contributed by atoms with Gasteiger partial charge in [0.25, 0.3) is 0 Å². The van der Waals surface area contributed by atoms with E-state index in [-0.39, 0.29) is 24.2 Å². The lowest BCUT2D eigenvalue weighted by Crippen LogP contribution is -2.33. The summed E-state index contributed by atoms with van der Waals surface area (Å²) in [7, 11) is 0. The molecule has 1 aliphatic rings. The van der Waals surface area contributed by atoms with E-state index in [0.717, 1.165) is 24.2 Å². The first-order valence-corrected chi connectivity index (χ1v) is 8.75. The maximum atomic E-state index is 12.3. The molecule has 1 atom stereocenters. The van der Waals surface area contributed by atoms with E-state index < -0.39 is 0 Å². The zero-order chi connectivity index (χ0) is 17.6. The van der Waals surface area contributed by atoms with Crippen molar-refractivity contribution < 1.29 is 9.59 Å². The van der Waals surface area contributed by atoms with Crippen molar-refractivity contribution in [2.45, 2.75) is 19.3 Å². The molecule has 3 rings (SSSR count). The average Bonchev–Trinajstić information content (AvgIpc) is 3.01. The van der Waals surface area contributed by atoms with Gasteiger partial charge in [-0.15, -0.1) is 0 Å². The smallest absolute Gasteiger partial charge is 0.227 e. The Morgan fingerprint density at radius 1 is 1.28 bits per heavy atom. The molecule has 1 N–H and O–H groups in total. The second-order valence-corrected chi connectivity index (χ2v) is 6.54. The lowest BCUT2D eigenvalue weighted by atomic mass is 10.1. The molecule has 2 amide bonds. The van der Waals surface area contributed by atoms with Gasteiger partial charge in [0, 0.05) is 42.1 Å². The lowest BCUT2D eigenvalue weighted by molar-refractivity contribution is -0.126. The van der Waals surface area contributed by atoms with E-state index in [4.69, 9.17) is 11.6 Å². The quantitative estimate of drug-likeness (QED) is 0.808. The summed E-state index contributed by atoms with van der Waals surface area (Å²) in [5.41, 5.74) is 1.75. The summed E-state index contributed by atoms with van der Waals surface area (Å²) in [6, 6.07) is 12.9. The van der Waals surface area contributed by atoms with Gasteiger partial charge in [0.05, 0.1) is 5.92 Å². The van der Waals surface area contributed by atoms with Crippen molar-refractivity contribution in [1.29, 1.82) is 0 Å². The standard InChI is InChI=1S/C19H20ClN3O2/c20-15-5-3-8-17(12-15)23-13-14(11-18(23)24)19(25)22-10-4-7-16-6-1-2-9-21-16/h1-3,5-6,8-9,12,14H,4,7,10-11,13H2,(H,22,25)/t14-/m1/s1. The zero-order valence-electron chi connectivity index (χ0n) is 13.8. The van der Waals surface area contributed by atoms with Crippen molar-refractivity contribution >= 4 is 29.1 Å². The molecule has 0 saturated carbocycles. The zero-order valence-corrected chi connectivity index (χ0v) is 14.6. The number of rotatable bonds is 6. The largest absolute Gasteiger partial charge is 0.356 e. The highest BCUT2D eigenvalue weighted by Gasteiger charge is 2.34. The van der Waals surface area contributed by atoms with Crippen LogP contribution in [0, 0.1) is 5.92 Å². The highest BCUT2D eigenvalue weighted by molar-refractivity contribution is 6.30. The number of nitrogens with zero attached hydrogens (tertiary/aromatic N) is 2. The summed E-state index contributed by atoms with van der Waals surface area (Å²) in [6.07, 6.45) is 3.64. The van der Waals surface area contributed by atoms with Crippen molar-refractivity contribution in [1.82, 2.24) is 10.3 Å². The molecule has 1 saturated heterocycles. The first-order valence-electron chi connectivity index (χ1n) is 8.37. The normalized spacial score (nSPS) is 16.9. The number of nitrogens with one attached hydrogen (secondary N) is 1. The minimum absolute atomic E-state index is 0.0455. The third-order valence-electron chi connectivity index (χ3n) is 4.25. The molecule has 0 unspecified atom stereocenters. The molecular weight excluding hydrogens is 338 g/mol. The SMILES string of the molecule is O=C(NCCCc1ccccn1)[C@@H]1CC(=O)N(c2cccc(Cl)c2)C1. The molecule has 0 radical (unpaired) electrons. The Morgan fingerprint density at radius 3 is 2.92 bits per heavy atom. The van der Waals surface area contributed by atoms with E-state index in [1.54, 1.807) is 29.3 Å². The summed E-state index contributed by atoms with van der Waals surface area (Å²) in [6.45, 7) is 0.975. The van der Waals surface area contributed by atoms with Crippen LogP contribution in [0.3, 0.4) is 0 Å². The van der Waals surface area contributed by atoms with E-state index >= 15 is 0 Å². The summed E-state index contributed by atoms with van der Waals surface area (Å²) in [5, 5.41) is 3.50. The van der Waals surface area contributed by atoms with Crippen LogP contribution in [0.2, 0.25) is 5.02 Å². The number of aromatic nitrogens is 1. The van der Waals surface area contributed by atoms with Crippen LogP contribution in [-0.2, 0) is 16.0 Å². The Balaban J connectivity index is 1.47. The topological polar surface area (TPSA) is 62.3 Å². The monoisotopic (exact) mass is 357 g/mol. The summed E-state index contributed by atoms with van der Waals surface area (Å²) in [5.74, 6) is -0.434. The van der Waals surface area contributed by atoms with Crippen LogP contribution < -0.4 is 10.2 Å². The van der Waals surface area contributed by atoms with Gasteiger partial charge >= 0.3 is 0 Å². The predicted molar refractivity (Wildman–Crippen MR) is 97.5 cm³/mol. The highest BCUT2D eigenvalue weighted by Crippen LogP contribution is 2.27. The fourth-order valence-corrected chi connectivity index (χ4v) is 3.13. The lowest BCUT2D eigenvalue weighted by Gasteiger charge is -2.17. The summed E-state index contributed by atoms with van der Waals surface area (Å²) < 4.78 is 0. The number of hydrogen-bond acceptors (Lipinski definition) is 3. The van der Waals surface area contributed by atoms with Crippen molar-refractivity contribution in [3.8, 4) is 0 Å². The minimum Gasteiger partial charge on any atom is -0.356 e. The Hall–Kier alpha value is -2.40. The molecule has 0 spiro atoms. The average molecular weight is 358 g/mol. The first-order chi connectivity index (χ1) is 12.1.